The van der Waals surface area contributed by atoms with Crippen LogP contribution in [0, 0.1) is 0 Å². The van der Waals surface area contributed by atoms with E-state index >= 15 is 0 Å². The number of amidine groups is 1. The topological polar surface area (TPSA) is 79.7 Å². The lowest BCUT2D eigenvalue weighted by Crippen LogP contribution is -2.18. The minimum atomic E-state index is 0.124. The van der Waals surface area contributed by atoms with E-state index in [1.165, 1.54) is 0 Å². The van der Waals surface area contributed by atoms with Gasteiger partial charge in [-0.2, -0.15) is 5.10 Å². The molecule has 1 aromatic heterocycles. The van der Waals surface area contributed by atoms with Crippen LogP contribution in [-0.4, -0.2) is 32.8 Å². The molecule has 0 radical (unpaired) electrons. The van der Waals surface area contributed by atoms with Crippen LogP contribution in [0.4, 0.5) is 0 Å². The first-order valence-corrected chi connectivity index (χ1v) is 6.32. The average Bonchev–Trinajstić information content (AvgIpc) is 2.83. The molecule has 0 aliphatic heterocycles. The Morgan fingerprint density at radius 2 is 2.20 bits per heavy atom. The molecule has 3 N–H and O–H groups in total. The van der Waals surface area contributed by atoms with E-state index in [0.29, 0.717) is 0 Å². The van der Waals surface area contributed by atoms with E-state index in [1.807, 2.05) is 50.6 Å². The Hall–Kier alpha value is -2.34. The van der Waals surface area contributed by atoms with Gasteiger partial charge in [-0.15, -0.1) is 0 Å². The maximum Gasteiger partial charge on any atom is 0.170 e. The normalized spacial score (nSPS) is 12.1. The minimum Gasteiger partial charge on any atom is -0.409 e. The van der Waals surface area contributed by atoms with Gasteiger partial charge >= 0.3 is 0 Å². The zero-order chi connectivity index (χ0) is 14.5. The van der Waals surface area contributed by atoms with Crippen LogP contribution in [0.15, 0.2) is 41.7 Å². The van der Waals surface area contributed by atoms with Gasteiger partial charge in [0.2, 0.25) is 0 Å². The summed E-state index contributed by atoms with van der Waals surface area (Å²) in [6.07, 6.45) is 1.93. The largest absolute Gasteiger partial charge is 0.409 e. The molecule has 0 aliphatic carbocycles. The third kappa shape index (κ3) is 3.58. The molecule has 2 rings (SSSR count). The van der Waals surface area contributed by atoms with Gasteiger partial charge in [-0.1, -0.05) is 23.4 Å². The number of nitrogens with zero attached hydrogens (tertiary/aromatic N) is 4. The van der Waals surface area contributed by atoms with E-state index in [1.54, 1.807) is 4.68 Å². The number of aromatic nitrogens is 2. The van der Waals surface area contributed by atoms with E-state index in [0.717, 1.165) is 29.9 Å². The maximum absolute atomic E-state index is 8.70. The first-order valence-electron chi connectivity index (χ1n) is 6.32. The number of benzene rings is 1. The zero-order valence-corrected chi connectivity index (χ0v) is 11.7. The van der Waals surface area contributed by atoms with Crippen LogP contribution >= 0.6 is 0 Å². The molecule has 0 amide bonds. The van der Waals surface area contributed by atoms with Gasteiger partial charge in [0.1, 0.15) is 0 Å². The molecule has 0 atom stereocenters. The fraction of sp³-hybridized carbons (Fsp3) is 0.286. The third-order valence-electron chi connectivity index (χ3n) is 2.98. The van der Waals surface area contributed by atoms with E-state index < -0.39 is 0 Å². The monoisotopic (exact) mass is 273 g/mol. The molecule has 0 fully saturated rings. The van der Waals surface area contributed by atoms with Gasteiger partial charge in [0.25, 0.3) is 0 Å². The fourth-order valence-corrected chi connectivity index (χ4v) is 2.08. The van der Waals surface area contributed by atoms with Crippen molar-refractivity contribution in [3.8, 4) is 0 Å². The van der Waals surface area contributed by atoms with Crippen LogP contribution < -0.4 is 5.73 Å². The van der Waals surface area contributed by atoms with E-state index in [9.17, 15) is 0 Å². The minimum absolute atomic E-state index is 0.124. The molecular formula is C14H19N5O. The summed E-state index contributed by atoms with van der Waals surface area (Å²) < 4.78 is 1.79. The van der Waals surface area contributed by atoms with Crippen LogP contribution in [0.3, 0.4) is 0 Å². The van der Waals surface area contributed by atoms with Gasteiger partial charge in [-0.3, -0.25) is 9.58 Å². The van der Waals surface area contributed by atoms with E-state index in [2.05, 4.69) is 15.2 Å². The van der Waals surface area contributed by atoms with Crippen molar-refractivity contribution in [3.63, 3.8) is 0 Å². The van der Waals surface area contributed by atoms with Crippen LogP contribution in [-0.2, 0) is 20.1 Å². The highest BCUT2D eigenvalue weighted by Gasteiger charge is 2.06. The maximum atomic E-state index is 8.70. The predicted octanol–water partition coefficient (Wildman–Crippen LogP) is 1.15. The summed E-state index contributed by atoms with van der Waals surface area (Å²) in [5, 5.41) is 16.1. The Morgan fingerprint density at radius 3 is 2.85 bits per heavy atom. The van der Waals surface area contributed by atoms with Crippen molar-refractivity contribution >= 4 is 5.84 Å². The molecule has 20 heavy (non-hydrogen) atoms. The summed E-state index contributed by atoms with van der Waals surface area (Å²) in [7, 11) is 3.94. The number of nitrogens with two attached hydrogens (primary N) is 1. The van der Waals surface area contributed by atoms with Crippen molar-refractivity contribution in [2.75, 3.05) is 7.05 Å². The summed E-state index contributed by atoms with van der Waals surface area (Å²) in [6, 6.07) is 9.66. The average molecular weight is 273 g/mol. The molecule has 6 nitrogen and oxygen atoms in total. The summed E-state index contributed by atoms with van der Waals surface area (Å²) in [5.41, 5.74) is 8.45. The standard InChI is InChI=1S/C14H19N5O/c1-18(10-13-6-7-19(2)16-13)9-11-4-3-5-12(8-11)14(15)17-20/h3-8,20H,9-10H2,1-2H3,(H2,15,17). The quantitative estimate of drug-likeness (QED) is 0.370. The smallest absolute Gasteiger partial charge is 0.170 e. The SMILES string of the molecule is CN(Cc1cccc(/C(N)=N/O)c1)Cc1ccn(C)n1. The Morgan fingerprint density at radius 1 is 1.40 bits per heavy atom. The van der Waals surface area contributed by atoms with Crippen molar-refractivity contribution in [2.45, 2.75) is 13.1 Å². The molecule has 0 saturated carbocycles. The summed E-state index contributed by atoms with van der Waals surface area (Å²) in [4.78, 5) is 2.16. The number of aryl methyl sites for hydroxylation is 1. The Bertz CT molecular complexity index is 605. The Kier molecular flexibility index (Phi) is 4.37. The van der Waals surface area contributed by atoms with Crippen molar-refractivity contribution in [3.05, 3.63) is 53.3 Å². The highest BCUT2D eigenvalue weighted by Crippen LogP contribution is 2.09. The summed E-state index contributed by atoms with van der Waals surface area (Å²) in [5.74, 6) is 0.124. The molecule has 1 aromatic carbocycles. The van der Waals surface area contributed by atoms with Gasteiger partial charge in [-0.25, -0.2) is 0 Å². The summed E-state index contributed by atoms with van der Waals surface area (Å²) >= 11 is 0. The lowest BCUT2D eigenvalue weighted by Gasteiger charge is -2.15. The Labute approximate surface area is 118 Å². The molecule has 1 heterocycles. The Balaban J connectivity index is 2.02. The molecule has 6 heteroatoms. The molecule has 0 saturated heterocycles. The third-order valence-corrected chi connectivity index (χ3v) is 2.98. The molecule has 0 bridgehead atoms. The second-order valence-electron chi connectivity index (χ2n) is 4.84. The first kappa shape index (κ1) is 14.1. The van der Waals surface area contributed by atoms with Crippen molar-refractivity contribution in [2.24, 2.45) is 17.9 Å². The molecule has 0 spiro atoms. The highest BCUT2D eigenvalue weighted by atomic mass is 16.4. The predicted molar refractivity (Wildman–Crippen MR) is 77.3 cm³/mol. The van der Waals surface area contributed by atoms with Crippen molar-refractivity contribution < 1.29 is 5.21 Å². The zero-order valence-electron chi connectivity index (χ0n) is 11.7. The van der Waals surface area contributed by atoms with Crippen molar-refractivity contribution in [1.29, 1.82) is 0 Å². The number of oxime groups is 1. The lowest BCUT2D eigenvalue weighted by atomic mass is 10.1. The van der Waals surface area contributed by atoms with Crippen LogP contribution in [0.2, 0.25) is 0 Å². The second kappa shape index (κ2) is 6.21. The van der Waals surface area contributed by atoms with Gasteiger partial charge in [-0.05, 0) is 24.7 Å². The number of rotatable bonds is 5. The van der Waals surface area contributed by atoms with Gasteiger partial charge in [0.05, 0.1) is 5.69 Å². The van der Waals surface area contributed by atoms with Gasteiger partial charge < -0.3 is 10.9 Å². The lowest BCUT2D eigenvalue weighted by molar-refractivity contribution is 0.314. The number of hydrogen-bond acceptors (Lipinski definition) is 4. The molecule has 0 aliphatic rings. The molecule has 106 valence electrons. The fourth-order valence-electron chi connectivity index (χ4n) is 2.08. The van der Waals surface area contributed by atoms with E-state index in [-0.39, 0.29) is 5.84 Å². The van der Waals surface area contributed by atoms with Gasteiger partial charge in [0.15, 0.2) is 5.84 Å². The number of hydrogen-bond donors (Lipinski definition) is 2. The van der Waals surface area contributed by atoms with Crippen LogP contribution in [0.5, 0.6) is 0 Å². The highest BCUT2D eigenvalue weighted by molar-refractivity contribution is 5.97. The molecular weight excluding hydrogens is 254 g/mol. The van der Waals surface area contributed by atoms with E-state index in [4.69, 9.17) is 10.9 Å². The van der Waals surface area contributed by atoms with Gasteiger partial charge in [0, 0.05) is 31.9 Å². The second-order valence-corrected chi connectivity index (χ2v) is 4.84. The first-order chi connectivity index (χ1) is 9.58. The van der Waals surface area contributed by atoms with Crippen LogP contribution in [0.1, 0.15) is 16.8 Å². The van der Waals surface area contributed by atoms with Crippen molar-refractivity contribution in [1.82, 2.24) is 14.7 Å². The molecule has 2 aromatic rings. The van der Waals surface area contributed by atoms with Crippen LogP contribution in [0.25, 0.3) is 0 Å². The summed E-state index contributed by atoms with van der Waals surface area (Å²) in [6.45, 7) is 1.54. The molecule has 0 unspecified atom stereocenters.